The van der Waals surface area contributed by atoms with Crippen molar-refractivity contribution >= 4 is 11.6 Å². The van der Waals surface area contributed by atoms with Gasteiger partial charge in [-0.3, -0.25) is 14.2 Å². The van der Waals surface area contributed by atoms with Crippen molar-refractivity contribution in [2.45, 2.75) is 6.54 Å². The SMILES string of the molecule is COc1ccc(N2CCN(C(=O)Cn3cnc(-c4ccccc4)cc3=O)CC2)cc1. The summed E-state index contributed by atoms with van der Waals surface area (Å²) in [5.41, 5.74) is 2.37. The molecule has 3 aromatic rings. The van der Waals surface area contributed by atoms with Crippen LogP contribution in [0.3, 0.4) is 0 Å². The van der Waals surface area contributed by atoms with E-state index in [2.05, 4.69) is 9.88 Å². The first-order valence-corrected chi connectivity index (χ1v) is 9.93. The fourth-order valence-corrected chi connectivity index (χ4v) is 3.56. The van der Waals surface area contributed by atoms with Gasteiger partial charge in [-0.25, -0.2) is 4.98 Å². The molecule has 1 amide bonds. The van der Waals surface area contributed by atoms with Crippen LogP contribution in [-0.4, -0.2) is 53.6 Å². The number of carbonyl (C=O) groups excluding carboxylic acids is 1. The van der Waals surface area contributed by atoms with E-state index in [1.165, 1.54) is 17.0 Å². The molecule has 30 heavy (non-hydrogen) atoms. The molecule has 1 aromatic heterocycles. The van der Waals surface area contributed by atoms with Gasteiger partial charge in [-0.1, -0.05) is 30.3 Å². The highest BCUT2D eigenvalue weighted by Crippen LogP contribution is 2.20. The molecule has 1 aliphatic rings. The molecule has 4 rings (SSSR count). The number of rotatable bonds is 5. The third kappa shape index (κ3) is 4.35. The average Bonchev–Trinajstić information content (AvgIpc) is 2.81. The summed E-state index contributed by atoms with van der Waals surface area (Å²) in [5.74, 6) is 0.755. The Morgan fingerprint density at radius 3 is 2.33 bits per heavy atom. The molecular formula is C23H24N4O3. The van der Waals surface area contributed by atoms with E-state index >= 15 is 0 Å². The Kier molecular flexibility index (Phi) is 5.79. The summed E-state index contributed by atoms with van der Waals surface area (Å²) in [7, 11) is 1.65. The van der Waals surface area contributed by atoms with Crippen molar-refractivity contribution in [1.82, 2.24) is 14.5 Å². The molecule has 154 valence electrons. The van der Waals surface area contributed by atoms with Crippen LogP contribution in [-0.2, 0) is 11.3 Å². The first-order chi connectivity index (χ1) is 14.6. The fourth-order valence-electron chi connectivity index (χ4n) is 3.56. The average molecular weight is 404 g/mol. The lowest BCUT2D eigenvalue weighted by molar-refractivity contribution is -0.132. The number of hydrogen-bond donors (Lipinski definition) is 0. The number of carbonyl (C=O) groups is 1. The highest BCUT2D eigenvalue weighted by Gasteiger charge is 2.22. The Bertz CT molecular complexity index is 1060. The van der Waals surface area contributed by atoms with Crippen molar-refractivity contribution in [3.63, 3.8) is 0 Å². The molecular weight excluding hydrogens is 380 g/mol. The van der Waals surface area contributed by atoms with Crippen molar-refractivity contribution in [3.8, 4) is 17.0 Å². The van der Waals surface area contributed by atoms with Crippen LogP contribution in [0.1, 0.15) is 0 Å². The predicted molar refractivity (Wildman–Crippen MR) is 116 cm³/mol. The van der Waals surface area contributed by atoms with Gasteiger partial charge >= 0.3 is 0 Å². The van der Waals surface area contributed by atoms with Crippen molar-refractivity contribution in [2.24, 2.45) is 0 Å². The highest BCUT2D eigenvalue weighted by molar-refractivity contribution is 5.76. The second-order valence-electron chi connectivity index (χ2n) is 7.17. The maximum atomic E-state index is 12.7. The summed E-state index contributed by atoms with van der Waals surface area (Å²) < 4.78 is 6.57. The molecule has 1 saturated heterocycles. The maximum Gasteiger partial charge on any atom is 0.254 e. The fraction of sp³-hybridized carbons (Fsp3) is 0.261. The van der Waals surface area contributed by atoms with E-state index in [0.29, 0.717) is 18.8 Å². The lowest BCUT2D eigenvalue weighted by Gasteiger charge is -2.36. The lowest BCUT2D eigenvalue weighted by atomic mass is 10.1. The summed E-state index contributed by atoms with van der Waals surface area (Å²) in [6.07, 6.45) is 1.45. The third-order valence-electron chi connectivity index (χ3n) is 5.32. The molecule has 0 radical (unpaired) electrons. The number of anilines is 1. The van der Waals surface area contributed by atoms with Gasteiger partial charge in [0.15, 0.2) is 0 Å². The molecule has 0 bridgehead atoms. The molecule has 0 unspecified atom stereocenters. The highest BCUT2D eigenvalue weighted by atomic mass is 16.5. The topological polar surface area (TPSA) is 67.7 Å². The van der Waals surface area contributed by atoms with Crippen LogP contribution < -0.4 is 15.2 Å². The van der Waals surface area contributed by atoms with Gasteiger partial charge in [-0.2, -0.15) is 0 Å². The Labute approximate surface area is 175 Å². The lowest BCUT2D eigenvalue weighted by Crippen LogP contribution is -2.50. The third-order valence-corrected chi connectivity index (χ3v) is 5.32. The second-order valence-corrected chi connectivity index (χ2v) is 7.17. The number of ether oxygens (including phenoxy) is 1. The Morgan fingerprint density at radius 2 is 1.70 bits per heavy atom. The molecule has 0 aliphatic carbocycles. The summed E-state index contributed by atoms with van der Waals surface area (Å²) in [4.78, 5) is 33.6. The standard InChI is InChI=1S/C23H24N4O3/c1-30-20-9-7-19(8-10-20)25-11-13-26(14-12-25)23(29)16-27-17-24-21(15-22(27)28)18-5-3-2-4-6-18/h2-10,15,17H,11-14,16H2,1H3. The largest absolute Gasteiger partial charge is 0.497 e. The summed E-state index contributed by atoms with van der Waals surface area (Å²) in [6.45, 7) is 2.74. The number of benzene rings is 2. The number of nitrogens with zero attached hydrogens (tertiary/aromatic N) is 4. The summed E-state index contributed by atoms with van der Waals surface area (Å²) in [5, 5.41) is 0. The van der Waals surface area contributed by atoms with Gasteiger partial charge in [-0.05, 0) is 24.3 Å². The van der Waals surface area contributed by atoms with E-state index in [0.717, 1.165) is 30.1 Å². The van der Waals surface area contributed by atoms with Gasteiger partial charge in [0.05, 0.1) is 19.1 Å². The van der Waals surface area contributed by atoms with Crippen LogP contribution in [0.4, 0.5) is 5.69 Å². The van der Waals surface area contributed by atoms with E-state index in [1.54, 1.807) is 12.0 Å². The zero-order chi connectivity index (χ0) is 20.9. The number of piperazine rings is 1. The number of amides is 1. The van der Waals surface area contributed by atoms with Crippen LogP contribution in [0, 0.1) is 0 Å². The molecule has 0 saturated carbocycles. The first kappa shape index (κ1) is 19.7. The van der Waals surface area contributed by atoms with E-state index in [-0.39, 0.29) is 18.0 Å². The molecule has 2 heterocycles. The minimum absolute atomic E-state index is 0.00341. The Hall–Kier alpha value is -3.61. The maximum absolute atomic E-state index is 12.7. The van der Waals surface area contributed by atoms with E-state index in [1.807, 2.05) is 54.6 Å². The Morgan fingerprint density at radius 1 is 1.00 bits per heavy atom. The van der Waals surface area contributed by atoms with Gasteiger partial charge in [-0.15, -0.1) is 0 Å². The quantitative estimate of drug-likeness (QED) is 0.653. The molecule has 1 fully saturated rings. The zero-order valence-corrected chi connectivity index (χ0v) is 16.9. The first-order valence-electron chi connectivity index (χ1n) is 9.93. The van der Waals surface area contributed by atoms with Gasteiger partial charge in [0.25, 0.3) is 5.56 Å². The molecule has 0 spiro atoms. The molecule has 0 atom stereocenters. The number of methoxy groups -OCH3 is 1. The molecule has 7 heteroatoms. The van der Waals surface area contributed by atoms with Crippen LogP contribution in [0.25, 0.3) is 11.3 Å². The van der Waals surface area contributed by atoms with Gasteiger partial charge in [0, 0.05) is 43.5 Å². The number of hydrogen-bond acceptors (Lipinski definition) is 5. The van der Waals surface area contributed by atoms with Gasteiger partial charge < -0.3 is 14.5 Å². The van der Waals surface area contributed by atoms with E-state index < -0.39 is 0 Å². The zero-order valence-electron chi connectivity index (χ0n) is 16.9. The van der Waals surface area contributed by atoms with Crippen LogP contribution in [0.2, 0.25) is 0 Å². The molecule has 0 N–H and O–H groups in total. The van der Waals surface area contributed by atoms with Crippen LogP contribution in [0.5, 0.6) is 5.75 Å². The molecule has 1 aliphatic heterocycles. The Balaban J connectivity index is 1.36. The van der Waals surface area contributed by atoms with Crippen molar-refractivity contribution in [1.29, 1.82) is 0 Å². The second kappa shape index (κ2) is 8.82. The predicted octanol–water partition coefficient (Wildman–Crippen LogP) is 2.27. The monoisotopic (exact) mass is 404 g/mol. The minimum atomic E-state index is -0.228. The van der Waals surface area contributed by atoms with E-state index in [4.69, 9.17) is 4.74 Å². The summed E-state index contributed by atoms with van der Waals surface area (Å²) >= 11 is 0. The summed E-state index contributed by atoms with van der Waals surface area (Å²) in [6, 6.07) is 18.9. The van der Waals surface area contributed by atoms with Gasteiger partial charge in [0.1, 0.15) is 12.3 Å². The van der Waals surface area contributed by atoms with Crippen molar-refractivity contribution < 1.29 is 9.53 Å². The minimum Gasteiger partial charge on any atom is -0.497 e. The van der Waals surface area contributed by atoms with Gasteiger partial charge in [0.2, 0.25) is 5.91 Å². The van der Waals surface area contributed by atoms with Crippen LogP contribution >= 0.6 is 0 Å². The van der Waals surface area contributed by atoms with E-state index in [9.17, 15) is 9.59 Å². The van der Waals surface area contributed by atoms with Crippen molar-refractivity contribution in [3.05, 3.63) is 77.3 Å². The molecule has 2 aromatic carbocycles. The van der Waals surface area contributed by atoms with Crippen molar-refractivity contribution in [2.75, 3.05) is 38.2 Å². The molecule has 7 nitrogen and oxygen atoms in total. The normalized spacial score (nSPS) is 13.9. The number of aromatic nitrogens is 2. The van der Waals surface area contributed by atoms with Crippen LogP contribution in [0.15, 0.2) is 71.8 Å². The smallest absolute Gasteiger partial charge is 0.254 e.